The first-order chi connectivity index (χ1) is 6.34. The van der Waals surface area contributed by atoms with Gasteiger partial charge in [0.1, 0.15) is 0 Å². The van der Waals surface area contributed by atoms with Gasteiger partial charge < -0.3 is 5.32 Å². The van der Waals surface area contributed by atoms with Gasteiger partial charge in [-0.05, 0) is 18.6 Å². The molecule has 1 nitrogen and oxygen atoms in total. The summed E-state index contributed by atoms with van der Waals surface area (Å²) in [6.07, 6.45) is 3.80. The molecule has 2 heteroatoms. The van der Waals surface area contributed by atoms with Crippen LogP contribution in [0.3, 0.4) is 0 Å². The van der Waals surface area contributed by atoms with E-state index in [0.717, 1.165) is 17.1 Å². The number of unbranched alkanes of at least 4 members (excludes halogenated alkanes) is 2. The Hall–Kier alpha value is -0.630. The van der Waals surface area contributed by atoms with Gasteiger partial charge in [0.25, 0.3) is 0 Å². The number of nitrogens with one attached hydrogen (secondary N) is 1. The number of thiol groups is 1. The van der Waals surface area contributed by atoms with E-state index in [0.29, 0.717) is 0 Å². The van der Waals surface area contributed by atoms with Crippen molar-refractivity contribution in [2.24, 2.45) is 0 Å². The molecule has 72 valence electrons. The quantitative estimate of drug-likeness (QED) is 0.540. The fraction of sp³-hybridized carbons (Fsp3) is 0.455. The number of benzene rings is 1. The van der Waals surface area contributed by atoms with Gasteiger partial charge in [-0.15, -0.1) is 12.6 Å². The summed E-state index contributed by atoms with van der Waals surface area (Å²) in [6.45, 7) is 3.26. The number of para-hydroxylation sites is 1. The molecule has 0 aromatic heterocycles. The minimum atomic E-state index is 1.03. The van der Waals surface area contributed by atoms with Crippen molar-refractivity contribution in [3.63, 3.8) is 0 Å². The number of hydrogen-bond donors (Lipinski definition) is 2. The van der Waals surface area contributed by atoms with E-state index in [4.69, 9.17) is 0 Å². The van der Waals surface area contributed by atoms with Crippen LogP contribution in [0, 0.1) is 0 Å². The summed E-state index contributed by atoms with van der Waals surface area (Å²) >= 11 is 4.36. The van der Waals surface area contributed by atoms with Crippen molar-refractivity contribution in [3.8, 4) is 0 Å². The number of anilines is 1. The Morgan fingerprint density at radius 2 is 2.00 bits per heavy atom. The van der Waals surface area contributed by atoms with Gasteiger partial charge in [0, 0.05) is 17.1 Å². The molecule has 0 heterocycles. The van der Waals surface area contributed by atoms with Crippen LogP contribution in [-0.2, 0) is 0 Å². The normalized spacial score (nSPS) is 10.0. The van der Waals surface area contributed by atoms with Crippen molar-refractivity contribution >= 4 is 18.3 Å². The van der Waals surface area contributed by atoms with Crippen LogP contribution >= 0.6 is 12.6 Å². The van der Waals surface area contributed by atoms with Crippen LogP contribution in [0.5, 0.6) is 0 Å². The highest BCUT2D eigenvalue weighted by molar-refractivity contribution is 7.80. The molecule has 0 aliphatic rings. The Labute approximate surface area is 86.0 Å². The van der Waals surface area contributed by atoms with Crippen molar-refractivity contribution in [3.05, 3.63) is 24.3 Å². The molecule has 0 saturated carbocycles. The Balaban J connectivity index is 2.32. The molecule has 1 aromatic carbocycles. The SMILES string of the molecule is CCCCCNc1ccccc1S. The third kappa shape index (κ3) is 3.73. The van der Waals surface area contributed by atoms with E-state index >= 15 is 0 Å². The highest BCUT2D eigenvalue weighted by atomic mass is 32.1. The van der Waals surface area contributed by atoms with Gasteiger partial charge in [-0.25, -0.2) is 0 Å². The lowest BCUT2D eigenvalue weighted by Gasteiger charge is -2.07. The van der Waals surface area contributed by atoms with E-state index in [1.165, 1.54) is 19.3 Å². The van der Waals surface area contributed by atoms with E-state index in [2.05, 4.69) is 30.9 Å². The lowest BCUT2D eigenvalue weighted by molar-refractivity contribution is 0.743. The van der Waals surface area contributed by atoms with Crippen molar-refractivity contribution in [2.75, 3.05) is 11.9 Å². The van der Waals surface area contributed by atoms with Gasteiger partial charge in [0.05, 0.1) is 0 Å². The molecule has 0 amide bonds. The van der Waals surface area contributed by atoms with Crippen molar-refractivity contribution in [2.45, 2.75) is 31.1 Å². The summed E-state index contributed by atoms with van der Waals surface area (Å²) in [6, 6.07) is 8.10. The highest BCUT2D eigenvalue weighted by Gasteiger charge is 1.94. The Morgan fingerprint density at radius 3 is 2.69 bits per heavy atom. The summed E-state index contributed by atoms with van der Waals surface area (Å²) in [5, 5.41) is 3.37. The third-order valence-electron chi connectivity index (χ3n) is 2.00. The standard InChI is InChI=1S/C11H17NS/c1-2-3-6-9-12-10-7-4-5-8-11(10)13/h4-5,7-8,12-13H,2-3,6,9H2,1H3. The maximum atomic E-state index is 4.36. The molecule has 0 saturated heterocycles. The number of rotatable bonds is 5. The van der Waals surface area contributed by atoms with Crippen LogP contribution in [0.25, 0.3) is 0 Å². The van der Waals surface area contributed by atoms with Crippen LogP contribution in [-0.4, -0.2) is 6.54 Å². The van der Waals surface area contributed by atoms with Gasteiger partial charge >= 0.3 is 0 Å². The lowest BCUT2D eigenvalue weighted by Crippen LogP contribution is -2.01. The first-order valence-electron chi connectivity index (χ1n) is 4.86. The maximum Gasteiger partial charge on any atom is 0.0475 e. The van der Waals surface area contributed by atoms with E-state index in [1.807, 2.05) is 18.2 Å². The summed E-state index contributed by atoms with van der Waals surface area (Å²) in [7, 11) is 0. The Bertz CT molecular complexity index is 248. The van der Waals surface area contributed by atoms with Crippen LogP contribution in [0.15, 0.2) is 29.2 Å². The molecule has 0 bridgehead atoms. The second kappa shape index (κ2) is 5.92. The molecule has 0 spiro atoms. The van der Waals surface area contributed by atoms with Gasteiger partial charge in [-0.2, -0.15) is 0 Å². The summed E-state index contributed by atoms with van der Waals surface area (Å²) in [4.78, 5) is 1.03. The fourth-order valence-electron chi connectivity index (χ4n) is 1.22. The second-order valence-electron chi connectivity index (χ2n) is 3.15. The summed E-state index contributed by atoms with van der Waals surface area (Å²) in [5.74, 6) is 0. The maximum absolute atomic E-state index is 4.36. The minimum absolute atomic E-state index is 1.03. The van der Waals surface area contributed by atoms with Crippen LogP contribution in [0.1, 0.15) is 26.2 Å². The zero-order valence-electron chi connectivity index (χ0n) is 8.09. The van der Waals surface area contributed by atoms with Crippen LogP contribution in [0.4, 0.5) is 5.69 Å². The summed E-state index contributed by atoms with van der Waals surface area (Å²) in [5.41, 5.74) is 1.14. The molecule has 1 rings (SSSR count). The average molecular weight is 195 g/mol. The van der Waals surface area contributed by atoms with Gasteiger partial charge in [0.15, 0.2) is 0 Å². The van der Waals surface area contributed by atoms with Gasteiger partial charge in [-0.3, -0.25) is 0 Å². The Kier molecular flexibility index (Phi) is 4.76. The molecule has 1 aromatic rings. The molecule has 0 radical (unpaired) electrons. The molecule has 0 aliphatic carbocycles. The molecular weight excluding hydrogens is 178 g/mol. The molecule has 0 aliphatic heterocycles. The first kappa shape index (κ1) is 10.5. The molecule has 1 N–H and O–H groups in total. The van der Waals surface area contributed by atoms with Crippen LogP contribution in [0.2, 0.25) is 0 Å². The number of hydrogen-bond acceptors (Lipinski definition) is 2. The third-order valence-corrected chi connectivity index (χ3v) is 2.39. The zero-order chi connectivity index (χ0) is 9.52. The van der Waals surface area contributed by atoms with E-state index < -0.39 is 0 Å². The largest absolute Gasteiger partial charge is 0.384 e. The van der Waals surface area contributed by atoms with Gasteiger partial charge in [0.2, 0.25) is 0 Å². The molecule has 13 heavy (non-hydrogen) atoms. The van der Waals surface area contributed by atoms with Gasteiger partial charge in [-0.1, -0.05) is 31.9 Å². The smallest absolute Gasteiger partial charge is 0.0475 e. The molecule has 0 atom stereocenters. The second-order valence-corrected chi connectivity index (χ2v) is 3.63. The average Bonchev–Trinajstić information content (AvgIpc) is 2.15. The van der Waals surface area contributed by atoms with Crippen molar-refractivity contribution in [1.29, 1.82) is 0 Å². The van der Waals surface area contributed by atoms with E-state index in [-0.39, 0.29) is 0 Å². The van der Waals surface area contributed by atoms with Crippen molar-refractivity contribution in [1.82, 2.24) is 0 Å². The highest BCUT2D eigenvalue weighted by Crippen LogP contribution is 2.18. The molecular formula is C11H17NS. The molecule has 0 unspecified atom stereocenters. The fourth-order valence-corrected chi connectivity index (χ4v) is 1.46. The van der Waals surface area contributed by atoms with E-state index in [9.17, 15) is 0 Å². The lowest BCUT2D eigenvalue weighted by atomic mass is 10.2. The van der Waals surface area contributed by atoms with E-state index in [1.54, 1.807) is 0 Å². The first-order valence-corrected chi connectivity index (χ1v) is 5.31. The van der Waals surface area contributed by atoms with Crippen molar-refractivity contribution < 1.29 is 0 Å². The zero-order valence-corrected chi connectivity index (χ0v) is 8.98. The topological polar surface area (TPSA) is 12.0 Å². The molecule has 0 fully saturated rings. The summed E-state index contributed by atoms with van der Waals surface area (Å²) < 4.78 is 0. The predicted octanol–water partition coefficient (Wildman–Crippen LogP) is 3.58. The predicted molar refractivity (Wildman–Crippen MR) is 61.7 cm³/mol. The Morgan fingerprint density at radius 1 is 1.23 bits per heavy atom. The minimum Gasteiger partial charge on any atom is -0.384 e. The van der Waals surface area contributed by atoms with Crippen LogP contribution < -0.4 is 5.32 Å². The monoisotopic (exact) mass is 195 g/mol.